The molecule has 1 aromatic heterocycles. The number of para-hydroxylation sites is 2. The smallest absolute Gasteiger partial charge is 0.439 e. The van der Waals surface area contributed by atoms with Gasteiger partial charge in [0, 0.05) is 11.3 Å². The highest BCUT2D eigenvalue weighted by Crippen LogP contribution is 2.22. The molecule has 0 aliphatic carbocycles. The molecule has 2 N–H and O–H groups in total. The third kappa shape index (κ3) is 5.18. The number of anilines is 1. The van der Waals surface area contributed by atoms with Gasteiger partial charge < -0.3 is 14.8 Å². The van der Waals surface area contributed by atoms with E-state index in [2.05, 4.69) is 20.0 Å². The topological polar surface area (TPSA) is 106 Å². The predicted octanol–water partition coefficient (Wildman–Crippen LogP) is 3.74. The minimum atomic E-state index is -0.647. The Labute approximate surface area is 177 Å². The molecule has 0 bridgehead atoms. The van der Waals surface area contributed by atoms with Gasteiger partial charge in [-0.05, 0) is 36.4 Å². The summed E-state index contributed by atoms with van der Waals surface area (Å²) in [5.41, 5.74) is 1.53. The zero-order valence-corrected chi connectivity index (χ0v) is 16.4. The summed E-state index contributed by atoms with van der Waals surface area (Å²) in [6.07, 6.45) is 0. The van der Waals surface area contributed by atoms with Crippen LogP contribution in [0.5, 0.6) is 11.5 Å². The first kappa shape index (κ1) is 20.0. The van der Waals surface area contributed by atoms with Gasteiger partial charge in [-0.3, -0.25) is 14.3 Å². The lowest BCUT2D eigenvalue weighted by molar-refractivity contribution is 0.102. The summed E-state index contributed by atoms with van der Waals surface area (Å²) in [4.78, 5) is 26.5. The molecule has 4 rings (SSSR count). The number of hydrogen-bond donors (Lipinski definition) is 2. The van der Waals surface area contributed by atoms with E-state index in [-0.39, 0.29) is 18.3 Å². The monoisotopic (exact) mass is 417 g/mol. The average Bonchev–Trinajstić information content (AvgIpc) is 3.24. The number of aromatic nitrogens is 2. The number of H-pyrrole nitrogens is 1. The maximum absolute atomic E-state index is 12.8. The van der Waals surface area contributed by atoms with Gasteiger partial charge in [-0.2, -0.15) is 0 Å². The normalized spacial score (nSPS) is 10.5. The Morgan fingerprint density at radius 2 is 1.71 bits per heavy atom. The lowest BCUT2D eigenvalue weighted by Crippen LogP contribution is -2.15. The minimum Gasteiger partial charge on any atom is -0.490 e. The largest absolute Gasteiger partial charge is 0.490 e. The molecule has 0 aliphatic rings. The van der Waals surface area contributed by atoms with Crippen LogP contribution in [0.1, 0.15) is 10.4 Å². The molecular weight excluding hydrogens is 398 g/mol. The van der Waals surface area contributed by atoms with Crippen molar-refractivity contribution in [3.8, 4) is 22.9 Å². The Morgan fingerprint density at radius 3 is 2.52 bits per heavy atom. The second kappa shape index (κ2) is 9.45. The molecule has 0 fully saturated rings. The summed E-state index contributed by atoms with van der Waals surface area (Å²) in [7, 11) is 0. The van der Waals surface area contributed by atoms with Crippen molar-refractivity contribution in [1.29, 1.82) is 0 Å². The van der Waals surface area contributed by atoms with E-state index in [9.17, 15) is 9.59 Å². The number of nitrogens with one attached hydrogen (secondary N) is 2. The number of benzene rings is 3. The lowest BCUT2D eigenvalue weighted by atomic mass is 10.1. The SMILES string of the molecule is O=C(Nc1cccc(-c2noc(=O)[nH]2)c1)c1ccccc1OCCOc1ccccc1. The van der Waals surface area contributed by atoms with Gasteiger partial charge in [-0.25, -0.2) is 4.79 Å². The summed E-state index contributed by atoms with van der Waals surface area (Å²) >= 11 is 0. The lowest BCUT2D eigenvalue weighted by Gasteiger charge is -2.12. The second-order valence-corrected chi connectivity index (χ2v) is 6.48. The number of aromatic amines is 1. The van der Waals surface area contributed by atoms with E-state index in [1.165, 1.54) is 0 Å². The Hall–Kier alpha value is -4.33. The quantitative estimate of drug-likeness (QED) is 0.423. The van der Waals surface area contributed by atoms with E-state index < -0.39 is 5.76 Å². The van der Waals surface area contributed by atoms with Crippen LogP contribution in [0.25, 0.3) is 11.4 Å². The first-order chi connectivity index (χ1) is 15.2. The van der Waals surface area contributed by atoms with Crippen molar-refractivity contribution in [1.82, 2.24) is 10.1 Å². The zero-order valence-electron chi connectivity index (χ0n) is 16.4. The molecule has 4 aromatic rings. The third-order valence-corrected chi connectivity index (χ3v) is 4.32. The predicted molar refractivity (Wildman–Crippen MR) is 114 cm³/mol. The molecule has 0 aliphatic heterocycles. The standard InChI is InChI=1S/C23H19N3O5/c27-22(24-17-8-6-7-16(15-17)21-25-23(28)31-26-21)19-11-4-5-12-20(19)30-14-13-29-18-9-2-1-3-10-18/h1-12,15H,13-14H2,(H,24,27)(H,25,26,28). The first-order valence-electron chi connectivity index (χ1n) is 9.56. The fourth-order valence-corrected chi connectivity index (χ4v) is 2.90. The van der Waals surface area contributed by atoms with Crippen LogP contribution in [0.3, 0.4) is 0 Å². The summed E-state index contributed by atoms with van der Waals surface area (Å²) in [5.74, 6) is 0.513. The summed E-state index contributed by atoms with van der Waals surface area (Å²) in [5, 5.41) is 6.49. The van der Waals surface area contributed by atoms with Gasteiger partial charge in [0.1, 0.15) is 24.7 Å². The van der Waals surface area contributed by atoms with Gasteiger partial charge in [0.2, 0.25) is 0 Å². The number of carbonyl (C=O) groups is 1. The van der Waals surface area contributed by atoms with Gasteiger partial charge in [-0.15, -0.1) is 0 Å². The molecule has 0 unspecified atom stereocenters. The van der Waals surface area contributed by atoms with Crippen LogP contribution < -0.4 is 20.5 Å². The summed E-state index contributed by atoms with van der Waals surface area (Å²) in [6, 6.07) is 23.3. The first-order valence-corrected chi connectivity index (χ1v) is 9.56. The van der Waals surface area contributed by atoms with Crippen molar-refractivity contribution in [2.45, 2.75) is 0 Å². The fourth-order valence-electron chi connectivity index (χ4n) is 2.90. The highest BCUT2D eigenvalue weighted by molar-refractivity contribution is 6.06. The maximum Gasteiger partial charge on any atom is 0.439 e. The van der Waals surface area contributed by atoms with Crippen LogP contribution in [0, 0.1) is 0 Å². The minimum absolute atomic E-state index is 0.281. The van der Waals surface area contributed by atoms with Crippen LogP contribution >= 0.6 is 0 Å². The number of amides is 1. The number of carbonyl (C=O) groups excluding carboxylic acids is 1. The Morgan fingerprint density at radius 1 is 0.935 bits per heavy atom. The molecule has 0 atom stereocenters. The molecule has 3 aromatic carbocycles. The van der Waals surface area contributed by atoms with Crippen LogP contribution in [0.4, 0.5) is 5.69 Å². The van der Waals surface area contributed by atoms with E-state index in [4.69, 9.17) is 9.47 Å². The van der Waals surface area contributed by atoms with Crippen LogP contribution in [-0.2, 0) is 0 Å². The summed E-state index contributed by atoms with van der Waals surface area (Å²) < 4.78 is 15.9. The molecule has 8 nitrogen and oxygen atoms in total. The molecule has 8 heteroatoms. The van der Waals surface area contributed by atoms with Crippen molar-refractivity contribution in [2.75, 3.05) is 18.5 Å². The van der Waals surface area contributed by atoms with Gasteiger partial charge >= 0.3 is 5.76 Å². The average molecular weight is 417 g/mol. The van der Waals surface area contributed by atoms with Crippen LogP contribution in [0.15, 0.2) is 88.2 Å². The molecule has 0 saturated heterocycles. The number of nitrogens with zero attached hydrogens (tertiary/aromatic N) is 1. The summed E-state index contributed by atoms with van der Waals surface area (Å²) in [6.45, 7) is 0.631. The van der Waals surface area contributed by atoms with Crippen LogP contribution in [0.2, 0.25) is 0 Å². The van der Waals surface area contributed by atoms with Crippen molar-refractivity contribution in [3.63, 3.8) is 0 Å². The highest BCUT2D eigenvalue weighted by Gasteiger charge is 2.13. The molecule has 0 radical (unpaired) electrons. The van der Waals surface area contributed by atoms with Gasteiger partial charge in [0.25, 0.3) is 5.91 Å². The van der Waals surface area contributed by atoms with E-state index in [1.54, 1.807) is 48.5 Å². The zero-order chi connectivity index (χ0) is 21.5. The fraction of sp³-hybridized carbons (Fsp3) is 0.0870. The van der Waals surface area contributed by atoms with Crippen molar-refractivity contribution < 1.29 is 18.8 Å². The van der Waals surface area contributed by atoms with E-state index >= 15 is 0 Å². The molecule has 156 valence electrons. The van der Waals surface area contributed by atoms with E-state index in [0.29, 0.717) is 29.2 Å². The Bertz CT molecular complexity index is 1220. The Kier molecular flexibility index (Phi) is 6.08. The molecule has 31 heavy (non-hydrogen) atoms. The molecule has 0 saturated carbocycles. The van der Waals surface area contributed by atoms with E-state index in [1.807, 2.05) is 30.3 Å². The number of rotatable bonds is 8. The molecule has 0 spiro atoms. The number of hydrogen-bond acceptors (Lipinski definition) is 6. The third-order valence-electron chi connectivity index (χ3n) is 4.32. The molecule has 1 heterocycles. The van der Waals surface area contributed by atoms with Gasteiger partial charge in [0.05, 0.1) is 5.56 Å². The van der Waals surface area contributed by atoms with Crippen LogP contribution in [-0.4, -0.2) is 29.3 Å². The van der Waals surface area contributed by atoms with Crippen molar-refractivity contribution in [2.24, 2.45) is 0 Å². The number of ether oxygens (including phenoxy) is 2. The van der Waals surface area contributed by atoms with Gasteiger partial charge in [0.15, 0.2) is 5.82 Å². The molecular formula is C23H19N3O5. The molecule has 1 amide bonds. The van der Waals surface area contributed by atoms with Crippen molar-refractivity contribution in [3.05, 3.63) is 95.0 Å². The van der Waals surface area contributed by atoms with Gasteiger partial charge in [-0.1, -0.05) is 47.6 Å². The second-order valence-electron chi connectivity index (χ2n) is 6.48. The van der Waals surface area contributed by atoms with E-state index in [0.717, 1.165) is 5.75 Å². The maximum atomic E-state index is 12.8. The Balaban J connectivity index is 1.40. The van der Waals surface area contributed by atoms with Crippen molar-refractivity contribution >= 4 is 11.6 Å². The highest BCUT2D eigenvalue weighted by atomic mass is 16.5.